The van der Waals surface area contributed by atoms with E-state index in [0.29, 0.717) is 5.92 Å². The first-order valence-corrected chi connectivity index (χ1v) is 5.77. The molecule has 2 rings (SSSR count). The number of aromatic nitrogens is 3. The fourth-order valence-corrected chi connectivity index (χ4v) is 1.97. The molecule has 0 amide bonds. The van der Waals surface area contributed by atoms with Gasteiger partial charge in [-0.3, -0.25) is 4.68 Å². The van der Waals surface area contributed by atoms with Crippen LogP contribution in [0, 0.1) is 0 Å². The first-order chi connectivity index (χ1) is 7.90. The molecule has 0 saturated carbocycles. The molecule has 16 heavy (non-hydrogen) atoms. The second-order valence-electron chi connectivity index (χ2n) is 3.96. The van der Waals surface area contributed by atoms with E-state index in [1.807, 2.05) is 4.68 Å². The Morgan fingerprint density at radius 1 is 1.25 bits per heavy atom. The Labute approximate surface area is 96.1 Å². The largest absolute Gasteiger partial charge is 0.253 e. The molecule has 3 heteroatoms. The van der Waals surface area contributed by atoms with Gasteiger partial charge in [-0.05, 0) is 24.3 Å². The minimum Gasteiger partial charge on any atom is -0.253 e. The topological polar surface area (TPSA) is 30.7 Å². The molecule has 0 aliphatic rings. The number of hydrogen-bond donors (Lipinski definition) is 0. The van der Waals surface area contributed by atoms with Gasteiger partial charge in [0.15, 0.2) is 0 Å². The zero-order valence-corrected chi connectivity index (χ0v) is 9.58. The molecule has 2 aromatic rings. The van der Waals surface area contributed by atoms with Crippen molar-refractivity contribution in [2.24, 2.45) is 0 Å². The van der Waals surface area contributed by atoms with E-state index in [1.54, 1.807) is 12.7 Å². The third-order valence-corrected chi connectivity index (χ3v) is 2.94. The van der Waals surface area contributed by atoms with Gasteiger partial charge < -0.3 is 0 Å². The fourth-order valence-electron chi connectivity index (χ4n) is 1.97. The average Bonchev–Trinajstić information content (AvgIpc) is 2.84. The first-order valence-electron chi connectivity index (χ1n) is 5.77. The van der Waals surface area contributed by atoms with E-state index in [9.17, 15) is 0 Å². The van der Waals surface area contributed by atoms with Gasteiger partial charge in [0.2, 0.25) is 0 Å². The van der Waals surface area contributed by atoms with Gasteiger partial charge in [-0.15, -0.1) is 0 Å². The second-order valence-corrected chi connectivity index (χ2v) is 3.96. The lowest BCUT2D eigenvalue weighted by Crippen LogP contribution is -2.05. The zero-order chi connectivity index (χ0) is 11.2. The van der Waals surface area contributed by atoms with Crippen molar-refractivity contribution in [1.29, 1.82) is 0 Å². The summed E-state index contributed by atoms with van der Waals surface area (Å²) in [5.74, 6) is 0.616. The second kappa shape index (κ2) is 5.45. The molecule has 1 heterocycles. The highest BCUT2D eigenvalue weighted by molar-refractivity contribution is 5.19. The van der Waals surface area contributed by atoms with Crippen LogP contribution < -0.4 is 0 Å². The van der Waals surface area contributed by atoms with E-state index < -0.39 is 0 Å². The Kier molecular flexibility index (Phi) is 3.70. The molecular formula is C13H17N3. The van der Waals surface area contributed by atoms with Crippen LogP contribution in [0.25, 0.3) is 0 Å². The van der Waals surface area contributed by atoms with Gasteiger partial charge in [0.05, 0.1) is 0 Å². The molecule has 1 atom stereocenters. The molecule has 0 spiro atoms. The van der Waals surface area contributed by atoms with E-state index in [1.165, 1.54) is 12.0 Å². The predicted molar refractivity (Wildman–Crippen MR) is 64.1 cm³/mol. The Morgan fingerprint density at radius 3 is 2.69 bits per heavy atom. The molecule has 0 aliphatic carbocycles. The van der Waals surface area contributed by atoms with E-state index in [2.05, 4.69) is 47.3 Å². The van der Waals surface area contributed by atoms with Gasteiger partial charge in [0.25, 0.3) is 0 Å². The lowest BCUT2D eigenvalue weighted by Gasteiger charge is -2.14. The summed E-state index contributed by atoms with van der Waals surface area (Å²) in [4.78, 5) is 3.95. The van der Waals surface area contributed by atoms with Gasteiger partial charge in [0.1, 0.15) is 12.7 Å². The summed E-state index contributed by atoms with van der Waals surface area (Å²) >= 11 is 0. The molecule has 0 unspecified atom stereocenters. The van der Waals surface area contributed by atoms with Crippen LogP contribution in [0.4, 0.5) is 0 Å². The van der Waals surface area contributed by atoms with Crippen LogP contribution in [-0.4, -0.2) is 14.8 Å². The Morgan fingerprint density at radius 2 is 2.06 bits per heavy atom. The molecule has 0 fully saturated rings. The summed E-state index contributed by atoms with van der Waals surface area (Å²) in [5.41, 5.74) is 1.42. The Hall–Kier alpha value is -1.64. The van der Waals surface area contributed by atoms with Crippen molar-refractivity contribution in [3.8, 4) is 0 Å². The van der Waals surface area contributed by atoms with Crippen LogP contribution in [0.1, 0.15) is 31.2 Å². The highest BCUT2D eigenvalue weighted by atomic mass is 15.3. The summed E-state index contributed by atoms with van der Waals surface area (Å²) in [6.45, 7) is 3.17. The third-order valence-electron chi connectivity index (χ3n) is 2.94. The smallest absolute Gasteiger partial charge is 0.137 e. The van der Waals surface area contributed by atoms with Crippen molar-refractivity contribution < 1.29 is 0 Å². The SMILES string of the molecule is CC[C@@H](CCn1cncn1)c1ccccc1. The quantitative estimate of drug-likeness (QED) is 0.767. The standard InChI is InChI=1S/C13H17N3/c1-2-12(13-6-4-3-5-7-13)8-9-16-11-14-10-15-16/h3-7,10-12H,2,8-9H2,1H3/t12-/m0/s1. The Balaban J connectivity index is 1.96. The average molecular weight is 215 g/mol. The van der Waals surface area contributed by atoms with Gasteiger partial charge >= 0.3 is 0 Å². The summed E-state index contributed by atoms with van der Waals surface area (Å²) in [7, 11) is 0. The van der Waals surface area contributed by atoms with Crippen LogP contribution in [-0.2, 0) is 6.54 Å². The maximum absolute atomic E-state index is 4.12. The monoisotopic (exact) mass is 215 g/mol. The van der Waals surface area contributed by atoms with E-state index in [0.717, 1.165) is 13.0 Å². The van der Waals surface area contributed by atoms with E-state index >= 15 is 0 Å². The first kappa shape index (κ1) is 10.9. The van der Waals surface area contributed by atoms with E-state index in [4.69, 9.17) is 0 Å². The molecular weight excluding hydrogens is 198 g/mol. The van der Waals surface area contributed by atoms with Crippen LogP contribution in [0.3, 0.4) is 0 Å². The fraction of sp³-hybridized carbons (Fsp3) is 0.385. The molecule has 0 radical (unpaired) electrons. The van der Waals surface area contributed by atoms with Crippen LogP contribution >= 0.6 is 0 Å². The van der Waals surface area contributed by atoms with Crippen molar-refractivity contribution >= 4 is 0 Å². The molecule has 84 valence electrons. The number of hydrogen-bond acceptors (Lipinski definition) is 2. The van der Waals surface area contributed by atoms with Crippen molar-refractivity contribution in [2.45, 2.75) is 32.2 Å². The number of nitrogens with zero attached hydrogens (tertiary/aromatic N) is 3. The normalized spacial score (nSPS) is 12.6. The van der Waals surface area contributed by atoms with Crippen molar-refractivity contribution in [3.05, 3.63) is 48.5 Å². The Bertz CT molecular complexity index is 394. The summed E-state index contributed by atoms with van der Waals surface area (Å²) in [6, 6.07) is 10.7. The number of benzene rings is 1. The minimum absolute atomic E-state index is 0.616. The maximum atomic E-state index is 4.12. The van der Waals surface area contributed by atoms with Crippen molar-refractivity contribution in [3.63, 3.8) is 0 Å². The van der Waals surface area contributed by atoms with Crippen molar-refractivity contribution in [2.75, 3.05) is 0 Å². The predicted octanol–water partition coefficient (Wildman–Crippen LogP) is 2.86. The van der Waals surface area contributed by atoms with Crippen LogP contribution in [0.2, 0.25) is 0 Å². The molecule has 0 aliphatic heterocycles. The molecule has 3 nitrogen and oxygen atoms in total. The zero-order valence-electron chi connectivity index (χ0n) is 9.58. The lowest BCUT2D eigenvalue weighted by molar-refractivity contribution is 0.503. The molecule has 1 aromatic carbocycles. The number of rotatable bonds is 5. The van der Waals surface area contributed by atoms with Crippen molar-refractivity contribution in [1.82, 2.24) is 14.8 Å². The highest BCUT2D eigenvalue weighted by Gasteiger charge is 2.08. The minimum atomic E-state index is 0.616. The summed E-state index contributed by atoms with van der Waals surface area (Å²) < 4.78 is 1.89. The lowest BCUT2D eigenvalue weighted by atomic mass is 9.93. The number of aryl methyl sites for hydroxylation is 1. The van der Waals surface area contributed by atoms with Gasteiger partial charge in [-0.25, -0.2) is 4.98 Å². The van der Waals surface area contributed by atoms with E-state index in [-0.39, 0.29) is 0 Å². The molecule has 0 N–H and O–H groups in total. The molecule has 0 saturated heterocycles. The maximum Gasteiger partial charge on any atom is 0.137 e. The summed E-state index contributed by atoms with van der Waals surface area (Å²) in [6.07, 6.45) is 5.64. The summed E-state index contributed by atoms with van der Waals surface area (Å²) in [5, 5.41) is 4.12. The van der Waals surface area contributed by atoms with Crippen LogP contribution in [0.15, 0.2) is 43.0 Å². The molecule has 1 aromatic heterocycles. The van der Waals surface area contributed by atoms with Gasteiger partial charge in [-0.1, -0.05) is 37.3 Å². The third kappa shape index (κ3) is 2.69. The molecule has 0 bridgehead atoms. The van der Waals surface area contributed by atoms with Gasteiger partial charge in [0, 0.05) is 6.54 Å². The van der Waals surface area contributed by atoms with Crippen LogP contribution in [0.5, 0.6) is 0 Å². The van der Waals surface area contributed by atoms with Gasteiger partial charge in [-0.2, -0.15) is 5.10 Å². The highest BCUT2D eigenvalue weighted by Crippen LogP contribution is 2.23.